The van der Waals surface area contributed by atoms with Crippen LogP contribution in [0.1, 0.15) is 29.8 Å². The third-order valence-corrected chi connectivity index (χ3v) is 2.87. The van der Waals surface area contributed by atoms with Gasteiger partial charge < -0.3 is 10.5 Å². The summed E-state index contributed by atoms with van der Waals surface area (Å²) in [7, 11) is 0. The molecule has 2 aromatic rings. The van der Waals surface area contributed by atoms with Crippen LogP contribution in [-0.2, 0) is 0 Å². The van der Waals surface area contributed by atoms with Crippen molar-refractivity contribution in [1.29, 1.82) is 0 Å². The first-order chi connectivity index (χ1) is 8.72. The summed E-state index contributed by atoms with van der Waals surface area (Å²) >= 11 is 0. The van der Waals surface area contributed by atoms with Crippen molar-refractivity contribution >= 4 is 0 Å². The normalized spacial score (nSPS) is 12.2. The van der Waals surface area contributed by atoms with E-state index in [1.165, 1.54) is 0 Å². The predicted octanol–water partition coefficient (Wildman–Crippen LogP) is 2.84. The standard InChI is InChI=1S/C15H18N2O/c1-3-18-13-8-4-7-12(10-13)14(16)15-11(2)6-5-9-17-15/h4-10,14H,3,16H2,1-2H3. The van der Waals surface area contributed by atoms with E-state index in [1.807, 2.05) is 50.2 Å². The molecule has 0 amide bonds. The van der Waals surface area contributed by atoms with E-state index in [9.17, 15) is 0 Å². The molecule has 2 rings (SSSR count). The first-order valence-electron chi connectivity index (χ1n) is 6.12. The smallest absolute Gasteiger partial charge is 0.119 e. The number of aryl methyl sites for hydroxylation is 1. The average molecular weight is 242 g/mol. The zero-order valence-corrected chi connectivity index (χ0v) is 10.8. The lowest BCUT2D eigenvalue weighted by Crippen LogP contribution is -2.15. The largest absolute Gasteiger partial charge is 0.494 e. The van der Waals surface area contributed by atoms with Gasteiger partial charge in [-0.2, -0.15) is 0 Å². The van der Waals surface area contributed by atoms with Crippen molar-refractivity contribution in [2.75, 3.05) is 6.61 Å². The molecule has 0 aliphatic carbocycles. The highest BCUT2D eigenvalue weighted by atomic mass is 16.5. The molecular formula is C15H18N2O. The van der Waals surface area contributed by atoms with Crippen LogP contribution in [0.2, 0.25) is 0 Å². The molecule has 1 heterocycles. The summed E-state index contributed by atoms with van der Waals surface area (Å²) in [6.07, 6.45) is 1.77. The van der Waals surface area contributed by atoms with Gasteiger partial charge in [-0.15, -0.1) is 0 Å². The van der Waals surface area contributed by atoms with E-state index in [0.29, 0.717) is 6.61 Å². The van der Waals surface area contributed by atoms with Crippen molar-refractivity contribution in [1.82, 2.24) is 4.98 Å². The number of hydrogen-bond acceptors (Lipinski definition) is 3. The number of hydrogen-bond donors (Lipinski definition) is 1. The van der Waals surface area contributed by atoms with Crippen molar-refractivity contribution in [3.05, 3.63) is 59.4 Å². The third-order valence-electron chi connectivity index (χ3n) is 2.87. The Morgan fingerprint density at radius 1 is 1.28 bits per heavy atom. The Kier molecular flexibility index (Phi) is 3.95. The van der Waals surface area contributed by atoms with Gasteiger partial charge in [-0.1, -0.05) is 18.2 Å². The fourth-order valence-electron chi connectivity index (χ4n) is 1.95. The van der Waals surface area contributed by atoms with Crippen LogP contribution in [0.25, 0.3) is 0 Å². The van der Waals surface area contributed by atoms with E-state index < -0.39 is 0 Å². The minimum Gasteiger partial charge on any atom is -0.494 e. The lowest BCUT2D eigenvalue weighted by Gasteiger charge is -2.15. The van der Waals surface area contributed by atoms with Crippen LogP contribution in [0, 0.1) is 6.92 Å². The second-order valence-corrected chi connectivity index (χ2v) is 4.19. The molecule has 0 aliphatic rings. The maximum absolute atomic E-state index is 6.26. The number of ether oxygens (including phenoxy) is 1. The number of benzene rings is 1. The SMILES string of the molecule is CCOc1cccc(C(N)c2ncccc2C)c1. The van der Waals surface area contributed by atoms with Crippen molar-refractivity contribution in [2.45, 2.75) is 19.9 Å². The number of pyridine rings is 1. The Labute approximate surface area is 108 Å². The fraction of sp³-hybridized carbons (Fsp3) is 0.267. The van der Waals surface area contributed by atoms with Crippen molar-refractivity contribution < 1.29 is 4.74 Å². The number of nitrogens with two attached hydrogens (primary N) is 1. The molecule has 3 nitrogen and oxygen atoms in total. The molecule has 18 heavy (non-hydrogen) atoms. The Morgan fingerprint density at radius 2 is 2.11 bits per heavy atom. The Balaban J connectivity index is 2.31. The van der Waals surface area contributed by atoms with E-state index in [-0.39, 0.29) is 6.04 Å². The third kappa shape index (κ3) is 2.68. The first-order valence-corrected chi connectivity index (χ1v) is 6.12. The molecule has 1 unspecified atom stereocenters. The molecule has 0 saturated carbocycles. The monoisotopic (exact) mass is 242 g/mol. The van der Waals surface area contributed by atoms with Gasteiger partial charge in [-0.05, 0) is 43.2 Å². The molecule has 0 saturated heterocycles. The molecule has 3 heteroatoms. The summed E-state index contributed by atoms with van der Waals surface area (Å²) in [4.78, 5) is 4.36. The lowest BCUT2D eigenvalue weighted by molar-refractivity contribution is 0.340. The molecule has 1 aromatic carbocycles. The summed E-state index contributed by atoms with van der Waals surface area (Å²) in [5.74, 6) is 0.846. The topological polar surface area (TPSA) is 48.1 Å². The number of aromatic nitrogens is 1. The highest BCUT2D eigenvalue weighted by Crippen LogP contribution is 2.23. The molecule has 0 spiro atoms. The van der Waals surface area contributed by atoms with Crippen LogP contribution in [0.4, 0.5) is 0 Å². The van der Waals surface area contributed by atoms with Crippen LogP contribution in [0.5, 0.6) is 5.75 Å². The number of nitrogens with zero attached hydrogens (tertiary/aromatic N) is 1. The van der Waals surface area contributed by atoms with Gasteiger partial charge in [-0.3, -0.25) is 4.98 Å². The summed E-state index contributed by atoms with van der Waals surface area (Å²) in [6, 6.07) is 11.6. The fourth-order valence-corrected chi connectivity index (χ4v) is 1.95. The van der Waals surface area contributed by atoms with Crippen LogP contribution in [0.15, 0.2) is 42.6 Å². The summed E-state index contributed by atoms with van der Waals surface area (Å²) < 4.78 is 5.49. The molecule has 2 N–H and O–H groups in total. The average Bonchev–Trinajstić information content (AvgIpc) is 2.39. The van der Waals surface area contributed by atoms with Crippen molar-refractivity contribution in [2.24, 2.45) is 5.73 Å². The van der Waals surface area contributed by atoms with Crippen LogP contribution >= 0.6 is 0 Å². The van der Waals surface area contributed by atoms with Gasteiger partial charge in [0.2, 0.25) is 0 Å². The molecule has 0 aliphatic heterocycles. The van der Waals surface area contributed by atoms with E-state index in [2.05, 4.69) is 4.98 Å². The highest BCUT2D eigenvalue weighted by molar-refractivity contribution is 5.36. The molecule has 0 bridgehead atoms. The van der Waals surface area contributed by atoms with E-state index >= 15 is 0 Å². The Hall–Kier alpha value is -1.87. The molecule has 1 atom stereocenters. The highest BCUT2D eigenvalue weighted by Gasteiger charge is 2.13. The van der Waals surface area contributed by atoms with Gasteiger partial charge in [0, 0.05) is 6.20 Å². The maximum Gasteiger partial charge on any atom is 0.119 e. The van der Waals surface area contributed by atoms with Crippen molar-refractivity contribution in [3.63, 3.8) is 0 Å². The van der Waals surface area contributed by atoms with Gasteiger partial charge in [0.05, 0.1) is 18.3 Å². The van der Waals surface area contributed by atoms with Gasteiger partial charge >= 0.3 is 0 Å². The quantitative estimate of drug-likeness (QED) is 0.896. The summed E-state index contributed by atoms with van der Waals surface area (Å²) in [5.41, 5.74) is 9.29. The summed E-state index contributed by atoms with van der Waals surface area (Å²) in [5, 5.41) is 0. The minimum absolute atomic E-state index is 0.216. The van der Waals surface area contributed by atoms with Gasteiger partial charge in [0.1, 0.15) is 5.75 Å². The first kappa shape index (κ1) is 12.6. The molecular weight excluding hydrogens is 224 g/mol. The van der Waals surface area contributed by atoms with Crippen LogP contribution < -0.4 is 10.5 Å². The zero-order chi connectivity index (χ0) is 13.0. The molecule has 0 fully saturated rings. The Morgan fingerprint density at radius 3 is 2.83 bits per heavy atom. The lowest BCUT2D eigenvalue weighted by atomic mass is 10.0. The van der Waals surface area contributed by atoms with E-state index in [0.717, 1.165) is 22.6 Å². The molecule has 94 valence electrons. The summed E-state index contributed by atoms with van der Waals surface area (Å²) in [6.45, 7) is 4.64. The molecule has 1 aromatic heterocycles. The maximum atomic E-state index is 6.26. The predicted molar refractivity (Wildman–Crippen MR) is 72.6 cm³/mol. The number of rotatable bonds is 4. The van der Waals surface area contributed by atoms with Gasteiger partial charge in [-0.25, -0.2) is 0 Å². The second-order valence-electron chi connectivity index (χ2n) is 4.19. The van der Waals surface area contributed by atoms with Crippen LogP contribution in [-0.4, -0.2) is 11.6 Å². The van der Waals surface area contributed by atoms with E-state index in [4.69, 9.17) is 10.5 Å². The molecule has 0 radical (unpaired) electrons. The van der Waals surface area contributed by atoms with Crippen molar-refractivity contribution in [3.8, 4) is 5.75 Å². The van der Waals surface area contributed by atoms with E-state index in [1.54, 1.807) is 6.20 Å². The minimum atomic E-state index is -0.216. The van der Waals surface area contributed by atoms with Gasteiger partial charge in [0.25, 0.3) is 0 Å². The van der Waals surface area contributed by atoms with Crippen LogP contribution in [0.3, 0.4) is 0 Å². The van der Waals surface area contributed by atoms with Gasteiger partial charge in [0.15, 0.2) is 0 Å². The zero-order valence-electron chi connectivity index (χ0n) is 10.8. The second kappa shape index (κ2) is 5.65. The Bertz CT molecular complexity index is 525.